The smallest absolute Gasteiger partial charge is 0.128 e. The minimum atomic E-state index is 0.194. The Morgan fingerprint density at radius 3 is 2.44 bits per heavy atom. The molecule has 0 unspecified atom stereocenters. The third-order valence-electron chi connectivity index (χ3n) is 0.406. The second-order valence-corrected chi connectivity index (χ2v) is 2.32. The predicted molar refractivity (Wildman–Crippen MR) is 44.4 cm³/mol. The van der Waals surface area contributed by atoms with Gasteiger partial charge in [0, 0.05) is 12.4 Å². The summed E-state index contributed by atoms with van der Waals surface area (Å²) in [5.41, 5.74) is 4.71. The third kappa shape index (κ3) is 11.2. The summed E-state index contributed by atoms with van der Waals surface area (Å²) in [6, 6.07) is 0. The molecule has 0 radical (unpaired) electrons. The molecule has 0 atom stereocenters. The molecule has 1 rings (SSSR count). The van der Waals surface area contributed by atoms with Crippen LogP contribution in [0.5, 0.6) is 0 Å². The van der Waals surface area contributed by atoms with Crippen molar-refractivity contribution >= 4 is 29.2 Å². The summed E-state index contributed by atoms with van der Waals surface area (Å²) in [5.74, 6) is 0. The molecule has 1 aromatic heterocycles. The maximum absolute atomic E-state index is 4.71. The molecule has 0 amide bonds. The predicted octanol–water partition coefficient (Wildman–Crippen LogP) is 0.570. The van der Waals surface area contributed by atoms with Crippen LogP contribution in [0.2, 0.25) is 0 Å². The van der Waals surface area contributed by atoms with Gasteiger partial charge in [0.25, 0.3) is 0 Å². The zero-order valence-electron chi connectivity index (χ0n) is 4.61. The minimum absolute atomic E-state index is 0.194. The monoisotopic (exact) mass is 161 g/mol. The van der Waals surface area contributed by atoms with Gasteiger partial charge < -0.3 is 10.7 Å². The van der Waals surface area contributed by atoms with E-state index in [9.17, 15) is 0 Å². The van der Waals surface area contributed by atoms with Gasteiger partial charge in [-0.05, 0) is 0 Å². The summed E-state index contributed by atoms with van der Waals surface area (Å²) in [6.45, 7) is 0. The maximum atomic E-state index is 4.71. The van der Waals surface area contributed by atoms with E-state index in [0.717, 1.165) is 0 Å². The van der Waals surface area contributed by atoms with Crippen molar-refractivity contribution in [3.05, 3.63) is 18.7 Å². The second-order valence-electron chi connectivity index (χ2n) is 1.10. The number of imidazole rings is 1. The molecule has 0 aliphatic carbocycles. The molecule has 0 aliphatic rings. The zero-order chi connectivity index (χ0) is 7.11. The normalized spacial score (nSPS) is 7.22. The van der Waals surface area contributed by atoms with Crippen LogP contribution in [0.4, 0.5) is 0 Å². The van der Waals surface area contributed by atoms with E-state index in [2.05, 4.69) is 34.8 Å². The molecule has 1 aromatic rings. The number of nitrogens with zero attached hydrogens (tertiary/aromatic N) is 1. The lowest BCUT2D eigenvalue weighted by atomic mass is 11.0. The van der Waals surface area contributed by atoms with Gasteiger partial charge in [-0.15, -0.1) is 12.6 Å². The van der Waals surface area contributed by atoms with Crippen molar-refractivity contribution in [2.24, 2.45) is 5.73 Å². The fraction of sp³-hybridized carbons (Fsp3) is 0. The standard InChI is InChI=1S/C3H4N2.CH3NS2/c1-2-5-3-4-1;2-1(3)4/h1-3H,(H,4,5);(H3,2,3,4). The van der Waals surface area contributed by atoms with Gasteiger partial charge in [-0.25, -0.2) is 4.98 Å². The number of H-pyrrole nitrogens is 1. The summed E-state index contributed by atoms with van der Waals surface area (Å²) >= 11 is 7.65. The molecule has 0 aliphatic heterocycles. The van der Waals surface area contributed by atoms with E-state index >= 15 is 0 Å². The fourth-order valence-corrected chi connectivity index (χ4v) is 0.215. The number of aromatic nitrogens is 2. The van der Waals surface area contributed by atoms with Crippen molar-refractivity contribution in [3.63, 3.8) is 0 Å². The average Bonchev–Trinajstić information content (AvgIpc) is 2.11. The van der Waals surface area contributed by atoms with Gasteiger partial charge in [0.05, 0.1) is 6.33 Å². The lowest BCUT2D eigenvalue weighted by Gasteiger charge is -1.64. The quantitative estimate of drug-likeness (QED) is 0.385. The molecule has 0 spiro atoms. The maximum Gasteiger partial charge on any atom is 0.128 e. The average molecular weight is 161 g/mol. The number of aromatic amines is 1. The largest absolute Gasteiger partial charge is 0.385 e. The van der Waals surface area contributed by atoms with E-state index in [4.69, 9.17) is 5.73 Å². The van der Waals surface area contributed by atoms with Crippen LogP contribution < -0.4 is 5.73 Å². The van der Waals surface area contributed by atoms with Gasteiger partial charge >= 0.3 is 0 Å². The summed E-state index contributed by atoms with van der Waals surface area (Å²) < 4.78 is 0.194. The highest BCUT2D eigenvalue weighted by atomic mass is 32.1. The van der Waals surface area contributed by atoms with E-state index in [0.29, 0.717) is 0 Å². The number of hydrogen-bond donors (Lipinski definition) is 3. The highest BCUT2D eigenvalue weighted by Gasteiger charge is 1.56. The fourth-order valence-electron chi connectivity index (χ4n) is 0.215. The number of thiocarbonyl (C=S) groups is 1. The van der Waals surface area contributed by atoms with Gasteiger partial charge in [-0.3, -0.25) is 0 Å². The Balaban J connectivity index is 0.000000148. The van der Waals surface area contributed by atoms with Crippen molar-refractivity contribution in [2.75, 3.05) is 0 Å². The number of rotatable bonds is 0. The summed E-state index contributed by atoms with van der Waals surface area (Å²) in [5, 5.41) is 0. The summed E-state index contributed by atoms with van der Waals surface area (Å²) in [6.07, 6.45) is 5.08. The molecule has 9 heavy (non-hydrogen) atoms. The molecule has 1 heterocycles. The van der Waals surface area contributed by atoms with E-state index in [1.807, 2.05) is 0 Å². The Labute approximate surface area is 64.1 Å². The van der Waals surface area contributed by atoms with Crippen LogP contribution in [0.25, 0.3) is 0 Å². The zero-order valence-corrected chi connectivity index (χ0v) is 6.32. The molecule has 3 nitrogen and oxygen atoms in total. The molecular weight excluding hydrogens is 154 g/mol. The molecule has 0 bridgehead atoms. The van der Waals surface area contributed by atoms with E-state index in [1.165, 1.54) is 0 Å². The number of nitrogens with two attached hydrogens (primary N) is 1. The van der Waals surface area contributed by atoms with Gasteiger partial charge in [0.1, 0.15) is 4.32 Å². The van der Waals surface area contributed by atoms with Crippen LogP contribution in [0.15, 0.2) is 18.7 Å². The minimum Gasteiger partial charge on any atom is -0.385 e. The van der Waals surface area contributed by atoms with Crippen LogP contribution in [-0.2, 0) is 0 Å². The van der Waals surface area contributed by atoms with E-state index < -0.39 is 0 Å². The molecular formula is C4H7N3S2. The Morgan fingerprint density at radius 1 is 1.78 bits per heavy atom. The highest BCUT2D eigenvalue weighted by Crippen LogP contribution is 1.63. The van der Waals surface area contributed by atoms with Crippen molar-refractivity contribution in [3.8, 4) is 0 Å². The molecule has 0 saturated carbocycles. The van der Waals surface area contributed by atoms with Crippen LogP contribution in [-0.4, -0.2) is 14.3 Å². The Bertz CT molecular complexity index is 128. The highest BCUT2D eigenvalue weighted by molar-refractivity contribution is 8.10. The summed E-state index contributed by atoms with van der Waals surface area (Å²) in [4.78, 5) is 6.42. The molecule has 0 fully saturated rings. The molecule has 0 aromatic carbocycles. The Morgan fingerprint density at radius 2 is 2.33 bits per heavy atom. The molecule has 50 valence electrons. The third-order valence-corrected chi connectivity index (χ3v) is 0.406. The van der Waals surface area contributed by atoms with Crippen LogP contribution in [0.3, 0.4) is 0 Å². The van der Waals surface area contributed by atoms with E-state index in [1.54, 1.807) is 18.7 Å². The topological polar surface area (TPSA) is 54.7 Å². The van der Waals surface area contributed by atoms with Crippen LogP contribution >= 0.6 is 24.8 Å². The van der Waals surface area contributed by atoms with Crippen molar-refractivity contribution in [2.45, 2.75) is 0 Å². The van der Waals surface area contributed by atoms with Gasteiger partial charge in [0.15, 0.2) is 0 Å². The SMILES string of the molecule is NC(=S)S.c1c[nH]cn1. The van der Waals surface area contributed by atoms with Crippen LogP contribution in [0.1, 0.15) is 0 Å². The number of hydrogen-bond acceptors (Lipinski definition) is 2. The van der Waals surface area contributed by atoms with Crippen molar-refractivity contribution < 1.29 is 0 Å². The van der Waals surface area contributed by atoms with Crippen molar-refractivity contribution in [1.82, 2.24) is 9.97 Å². The Hall–Kier alpha value is -0.550. The van der Waals surface area contributed by atoms with Gasteiger partial charge in [-0.1, -0.05) is 12.2 Å². The second kappa shape index (κ2) is 5.58. The van der Waals surface area contributed by atoms with Gasteiger partial charge in [0.2, 0.25) is 0 Å². The first kappa shape index (κ1) is 8.45. The molecule has 5 heteroatoms. The molecule has 3 N–H and O–H groups in total. The Kier molecular flexibility index (Phi) is 5.24. The van der Waals surface area contributed by atoms with Crippen molar-refractivity contribution in [1.29, 1.82) is 0 Å². The van der Waals surface area contributed by atoms with E-state index in [-0.39, 0.29) is 4.32 Å². The van der Waals surface area contributed by atoms with Gasteiger partial charge in [-0.2, -0.15) is 0 Å². The first-order valence-electron chi connectivity index (χ1n) is 2.14. The lowest BCUT2D eigenvalue weighted by Crippen LogP contribution is -1.94. The number of thiol groups is 1. The molecule has 0 saturated heterocycles. The first-order valence-corrected chi connectivity index (χ1v) is 3.00. The first-order chi connectivity index (χ1) is 4.23. The lowest BCUT2D eigenvalue weighted by molar-refractivity contribution is 1.31. The summed E-state index contributed by atoms with van der Waals surface area (Å²) in [7, 11) is 0. The number of nitrogens with one attached hydrogen (secondary N) is 1. The van der Waals surface area contributed by atoms with Crippen LogP contribution in [0, 0.1) is 0 Å².